The van der Waals surface area contributed by atoms with Gasteiger partial charge in [-0.05, 0) is 26.0 Å². The van der Waals surface area contributed by atoms with E-state index in [1.807, 2.05) is 0 Å². The highest BCUT2D eigenvalue weighted by Crippen LogP contribution is 2.25. The van der Waals surface area contributed by atoms with Gasteiger partial charge in [-0.1, -0.05) is 17.2 Å². The van der Waals surface area contributed by atoms with Crippen LogP contribution in [0.1, 0.15) is 34.6 Å². The summed E-state index contributed by atoms with van der Waals surface area (Å²) in [7, 11) is 0. The molecule has 0 saturated carbocycles. The van der Waals surface area contributed by atoms with Crippen molar-refractivity contribution in [1.82, 2.24) is 5.06 Å². The molecule has 0 atom stereocenters. The minimum Gasteiger partial charge on any atom is -0.395 e. The maximum absolute atomic E-state index is 11.9. The number of benzene rings is 1. The molecule has 1 aromatic carbocycles. The first-order valence-corrected chi connectivity index (χ1v) is 5.69. The Bertz CT molecular complexity index is 529. The van der Waals surface area contributed by atoms with Crippen molar-refractivity contribution < 1.29 is 24.3 Å². The Labute approximate surface area is 109 Å². The second-order valence-corrected chi connectivity index (χ2v) is 4.87. The van der Waals surface area contributed by atoms with Crippen molar-refractivity contribution in [3.8, 4) is 0 Å². The predicted octanol–water partition coefficient (Wildman–Crippen LogP) is 0.759. The Morgan fingerprint density at radius 1 is 1.21 bits per heavy atom. The van der Waals surface area contributed by atoms with Gasteiger partial charge in [0.15, 0.2) is 0 Å². The third kappa shape index (κ3) is 2.10. The zero-order valence-corrected chi connectivity index (χ0v) is 10.5. The van der Waals surface area contributed by atoms with E-state index in [4.69, 9.17) is 9.94 Å². The van der Waals surface area contributed by atoms with Crippen molar-refractivity contribution in [3.05, 3.63) is 35.4 Å². The number of amides is 2. The van der Waals surface area contributed by atoms with Crippen molar-refractivity contribution in [2.45, 2.75) is 13.8 Å². The third-order valence-corrected chi connectivity index (χ3v) is 2.88. The molecule has 0 radical (unpaired) electrons. The average molecular weight is 263 g/mol. The van der Waals surface area contributed by atoms with E-state index in [9.17, 15) is 14.4 Å². The van der Waals surface area contributed by atoms with Gasteiger partial charge in [0.25, 0.3) is 11.8 Å². The Hall–Kier alpha value is -2.21. The van der Waals surface area contributed by atoms with Crippen LogP contribution in [-0.2, 0) is 9.63 Å². The molecule has 2 amide bonds. The maximum atomic E-state index is 11.9. The van der Waals surface area contributed by atoms with Crippen LogP contribution in [0.5, 0.6) is 0 Å². The number of hydrogen-bond donors (Lipinski definition) is 1. The lowest BCUT2D eigenvalue weighted by atomic mass is 9.96. The molecule has 0 bridgehead atoms. The summed E-state index contributed by atoms with van der Waals surface area (Å²) >= 11 is 0. The Morgan fingerprint density at radius 3 is 2.11 bits per heavy atom. The second kappa shape index (κ2) is 4.47. The van der Waals surface area contributed by atoms with Crippen LogP contribution < -0.4 is 0 Å². The number of aliphatic hydroxyl groups is 1. The molecule has 0 aliphatic carbocycles. The lowest BCUT2D eigenvalue weighted by Gasteiger charge is -2.21. The van der Waals surface area contributed by atoms with Gasteiger partial charge in [-0.2, -0.15) is 0 Å². The van der Waals surface area contributed by atoms with Gasteiger partial charge in [-0.25, -0.2) is 4.79 Å². The molecule has 100 valence electrons. The monoisotopic (exact) mass is 263 g/mol. The summed E-state index contributed by atoms with van der Waals surface area (Å²) < 4.78 is 0. The molecule has 1 aromatic rings. The van der Waals surface area contributed by atoms with Gasteiger partial charge in [0.1, 0.15) is 0 Å². The van der Waals surface area contributed by atoms with Gasteiger partial charge in [0.05, 0.1) is 23.1 Å². The topological polar surface area (TPSA) is 83.9 Å². The first-order chi connectivity index (χ1) is 8.88. The van der Waals surface area contributed by atoms with Crippen molar-refractivity contribution in [3.63, 3.8) is 0 Å². The third-order valence-electron chi connectivity index (χ3n) is 2.88. The quantitative estimate of drug-likeness (QED) is 0.814. The fraction of sp³-hybridized carbons (Fsp3) is 0.308. The molecular formula is C13H13NO5. The van der Waals surface area contributed by atoms with E-state index in [1.54, 1.807) is 12.1 Å². The molecule has 0 fully saturated rings. The summed E-state index contributed by atoms with van der Waals surface area (Å²) in [6.07, 6.45) is 0. The normalized spacial score (nSPS) is 14.6. The molecule has 0 unspecified atom stereocenters. The van der Waals surface area contributed by atoms with Gasteiger partial charge in [-0.15, -0.1) is 0 Å². The molecule has 1 aliphatic heterocycles. The summed E-state index contributed by atoms with van der Waals surface area (Å²) in [6.45, 7) is 2.45. The molecule has 6 heteroatoms. The minimum absolute atomic E-state index is 0.196. The first kappa shape index (κ1) is 13.2. The van der Waals surface area contributed by atoms with E-state index in [0.717, 1.165) is 0 Å². The minimum atomic E-state index is -1.19. The highest BCUT2D eigenvalue weighted by Gasteiger charge is 2.41. The maximum Gasteiger partial charge on any atom is 0.341 e. The second-order valence-electron chi connectivity index (χ2n) is 4.87. The molecule has 1 heterocycles. The van der Waals surface area contributed by atoms with E-state index in [1.165, 1.54) is 26.0 Å². The van der Waals surface area contributed by atoms with Crippen LogP contribution in [0.25, 0.3) is 0 Å². The highest BCUT2D eigenvalue weighted by molar-refractivity contribution is 6.20. The van der Waals surface area contributed by atoms with Gasteiger partial charge in [-0.3, -0.25) is 9.59 Å². The lowest BCUT2D eigenvalue weighted by molar-refractivity contribution is -0.181. The van der Waals surface area contributed by atoms with Crippen LogP contribution in [0.4, 0.5) is 0 Å². The fourth-order valence-electron chi connectivity index (χ4n) is 1.52. The van der Waals surface area contributed by atoms with Crippen LogP contribution in [0.15, 0.2) is 24.3 Å². The van der Waals surface area contributed by atoms with E-state index in [2.05, 4.69) is 0 Å². The van der Waals surface area contributed by atoms with Crippen molar-refractivity contribution in [2.24, 2.45) is 5.41 Å². The van der Waals surface area contributed by atoms with Gasteiger partial charge < -0.3 is 9.94 Å². The SMILES string of the molecule is CC(C)(CO)C(=O)ON1C(=O)c2ccccc2C1=O. The molecule has 1 N–H and O–H groups in total. The zero-order chi connectivity index (χ0) is 14.2. The Morgan fingerprint density at radius 2 is 1.68 bits per heavy atom. The molecule has 0 saturated heterocycles. The van der Waals surface area contributed by atoms with E-state index in [-0.39, 0.29) is 11.1 Å². The van der Waals surface area contributed by atoms with E-state index < -0.39 is 29.8 Å². The molecular weight excluding hydrogens is 250 g/mol. The largest absolute Gasteiger partial charge is 0.395 e. The van der Waals surface area contributed by atoms with Crippen LogP contribution in [0.2, 0.25) is 0 Å². The van der Waals surface area contributed by atoms with E-state index in [0.29, 0.717) is 5.06 Å². The highest BCUT2D eigenvalue weighted by atomic mass is 16.7. The summed E-state index contributed by atoms with van der Waals surface area (Å²) in [5, 5.41) is 9.49. The van der Waals surface area contributed by atoms with E-state index >= 15 is 0 Å². The van der Waals surface area contributed by atoms with Crippen LogP contribution >= 0.6 is 0 Å². The number of nitrogens with zero attached hydrogens (tertiary/aromatic N) is 1. The molecule has 6 nitrogen and oxygen atoms in total. The molecule has 0 aromatic heterocycles. The van der Waals surface area contributed by atoms with Crippen molar-refractivity contribution in [2.75, 3.05) is 6.61 Å². The number of carbonyl (C=O) groups is 3. The van der Waals surface area contributed by atoms with Crippen molar-refractivity contribution >= 4 is 17.8 Å². The fourth-order valence-corrected chi connectivity index (χ4v) is 1.52. The average Bonchev–Trinajstić information content (AvgIpc) is 2.64. The molecule has 2 rings (SSSR count). The summed E-state index contributed by atoms with van der Waals surface area (Å²) in [5.74, 6) is -2.20. The van der Waals surface area contributed by atoms with Gasteiger partial charge in [0, 0.05) is 0 Å². The Kier molecular flexibility index (Phi) is 3.11. The standard InChI is InChI=1S/C13H13NO5/c1-13(2,7-15)12(18)19-14-10(16)8-5-3-4-6-9(8)11(14)17/h3-6,15H,7H2,1-2H3. The Balaban J connectivity index is 2.24. The summed E-state index contributed by atoms with van der Waals surface area (Å²) in [5.41, 5.74) is -0.792. The number of rotatable bonds is 3. The number of imide groups is 1. The smallest absolute Gasteiger partial charge is 0.341 e. The number of aliphatic hydroxyl groups excluding tert-OH is 1. The van der Waals surface area contributed by atoms with Gasteiger partial charge >= 0.3 is 5.97 Å². The number of carbonyl (C=O) groups excluding carboxylic acids is 3. The van der Waals surface area contributed by atoms with Gasteiger partial charge in [0.2, 0.25) is 0 Å². The number of hydrogen-bond acceptors (Lipinski definition) is 5. The summed E-state index contributed by atoms with van der Waals surface area (Å²) in [6, 6.07) is 6.21. The molecule has 1 aliphatic rings. The number of fused-ring (bicyclic) bond motifs is 1. The van der Waals surface area contributed by atoms with Crippen LogP contribution in [-0.4, -0.2) is 34.6 Å². The lowest BCUT2D eigenvalue weighted by Crippen LogP contribution is -2.39. The summed E-state index contributed by atoms with van der Waals surface area (Å²) in [4.78, 5) is 40.4. The molecule has 0 spiro atoms. The first-order valence-electron chi connectivity index (χ1n) is 5.69. The predicted molar refractivity (Wildman–Crippen MR) is 63.9 cm³/mol. The van der Waals surface area contributed by atoms with Crippen molar-refractivity contribution in [1.29, 1.82) is 0 Å². The van der Waals surface area contributed by atoms with Crippen LogP contribution in [0, 0.1) is 5.41 Å². The number of hydroxylamine groups is 2. The van der Waals surface area contributed by atoms with Crippen LogP contribution in [0.3, 0.4) is 0 Å². The zero-order valence-electron chi connectivity index (χ0n) is 10.5. The molecule has 19 heavy (non-hydrogen) atoms.